The van der Waals surface area contributed by atoms with Gasteiger partial charge in [0.05, 0.1) is 0 Å². The van der Waals surface area contributed by atoms with Gasteiger partial charge in [-0.05, 0) is 67.7 Å². The Morgan fingerprint density at radius 3 is 2.80 bits per heavy atom. The van der Waals surface area contributed by atoms with E-state index in [0.717, 1.165) is 18.5 Å². The maximum absolute atomic E-state index is 3.68. The first-order valence-corrected chi connectivity index (χ1v) is 8.69. The minimum absolute atomic E-state index is 0.766. The third kappa shape index (κ3) is 3.44. The second kappa shape index (κ2) is 6.76. The Morgan fingerprint density at radius 2 is 1.90 bits per heavy atom. The molecule has 1 heteroatoms. The molecule has 2 atom stereocenters. The van der Waals surface area contributed by atoms with Crippen molar-refractivity contribution in [3.05, 3.63) is 34.9 Å². The second-order valence-corrected chi connectivity index (χ2v) is 6.80. The standard InChI is InChI=1S/C19H29N/c1-2-20-19-9-4-3-6-15(14-19)12-16-10-11-17-7-5-8-18(17)13-16/h10-11,13,15,19-20H,2-9,12,14H2,1H3. The van der Waals surface area contributed by atoms with Crippen molar-refractivity contribution in [1.29, 1.82) is 0 Å². The molecule has 0 aliphatic heterocycles. The van der Waals surface area contributed by atoms with Crippen molar-refractivity contribution < 1.29 is 0 Å². The van der Waals surface area contributed by atoms with Crippen LogP contribution < -0.4 is 5.32 Å². The zero-order valence-corrected chi connectivity index (χ0v) is 13.0. The summed E-state index contributed by atoms with van der Waals surface area (Å²) in [5.74, 6) is 0.890. The van der Waals surface area contributed by atoms with Crippen LogP contribution in [0, 0.1) is 5.92 Å². The lowest BCUT2D eigenvalue weighted by Crippen LogP contribution is -2.30. The highest BCUT2D eigenvalue weighted by Crippen LogP contribution is 2.29. The van der Waals surface area contributed by atoms with Gasteiger partial charge in [-0.25, -0.2) is 0 Å². The van der Waals surface area contributed by atoms with Crippen LogP contribution in [0.3, 0.4) is 0 Å². The molecule has 110 valence electrons. The fraction of sp³-hybridized carbons (Fsp3) is 0.684. The number of hydrogen-bond donors (Lipinski definition) is 1. The summed E-state index contributed by atoms with van der Waals surface area (Å²) in [6.45, 7) is 3.36. The fourth-order valence-electron chi connectivity index (χ4n) is 4.21. The number of nitrogens with one attached hydrogen (secondary N) is 1. The summed E-state index contributed by atoms with van der Waals surface area (Å²) >= 11 is 0. The van der Waals surface area contributed by atoms with Crippen LogP contribution >= 0.6 is 0 Å². The molecule has 1 saturated carbocycles. The molecule has 2 aliphatic rings. The molecule has 0 amide bonds. The maximum atomic E-state index is 3.68. The molecule has 0 saturated heterocycles. The summed E-state index contributed by atoms with van der Waals surface area (Å²) in [5.41, 5.74) is 4.84. The van der Waals surface area contributed by atoms with Crippen molar-refractivity contribution in [1.82, 2.24) is 5.32 Å². The van der Waals surface area contributed by atoms with Crippen molar-refractivity contribution >= 4 is 0 Å². The molecule has 1 aromatic rings. The molecule has 1 N–H and O–H groups in total. The number of hydrogen-bond acceptors (Lipinski definition) is 1. The SMILES string of the molecule is CCNC1CCCCC(Cc2ccc3c(c2)CCC3)C1. The molecule has 0 radical (unpaired) electrons. The average molecular weight is 271 g/mol. The zero-order valence-electron chi connectivity index (χ0n) is 13.0. The summed E-state index contributed by atoms with van der Waals surface area (Å²) in [4.78, 5) is 0. The van der Waals surface area contributed by atoms with E-state index in [1.807, 2.05) is 0 Å². The van der Waals surface area contributed by atoms with Crippen molar-refractivity contribution in [2.45, 2.75) is 70.8 Å². The van der Waals surface area contributed by atoms with Crippen molar-refractivity contribution in [3.63, 3.8) is 0 Å². The van der Waals surface area contributed by atoms with Gasteiger partial charge in [0.25, 0.3) is 0 Å². The number of benzene rings is 1. The quantitative estimate of drug-likeness (QED) is 0.806. The summed E-state index contributed by atoms with van der Waals surface area (Å²) in [6.07, 6.45) is 12.3. The number of fused-ring (bicyclic) bond motifs is 1. The molecule has 1 fully saturated rings. The monoisotopic (exact) mass is 271 g/mol. The van der Waals surface area contributed by atoms with Gasteiger partial charge in [-0.3, -0.25) is 0 Å². The Labute approximate surface area is 124 Å². The van der Waals surface area contributed by atoms with E-state index in [1.54, 1.807) is 16.7 Å². The van der Waals surface area contributed by atoms with E-state index in [1.165, 1.54) is 57.8 Å². The largest absolute Gasteiger partial charge is 0.314 e. The van der Waals surface area contributed by atoms with E-state index in [4.69, 9.17) is 0 Å². The van der Waals surface area contributed by atoms with E-state index < -0.39 is 0 Å². The van der Waals surface area contributed by atoms with Crippen LogP contribution in [0.25, 0.3) is 0 Å². The molecule has 0 bridgehead atoms. The summed E-state index contributed by atoms with van der Waals surface area (Å²) < 4.78 is 0. The Bertz CT molecular complexity index is 437. The molecule has 20 heavy (non-hydrogen) atoms. The first-order chi connectivity index (χ1) is 9.85. The van der Waals surface area contributed by atoms with Gasteiger partial charge in [-0.2, -0.15) is 0 Å². The van der Waals surface area contributed by atoms with E-state index in [0.29, 0.717) is 0 Å². The van der Waals surface area contributed by atoms with Crippen LogP contribution in [0.1, 0.15) is 62.1 Å². The molecule has 3 rings (SSSR count). The van der Waals surface area contributed by atoms with Crippen LogP contribution in [0.15, 0.2) is 18.2 Å². The minimum atomic E-state index is 0.766. The maximum Gasteiger partial charge on any atom is 0.00696 e. The van der Waals surface area contributed by atoms with E-state index in [-0.39, 0.29) is 0 Å². The van der Waals surface area contributed by atoms with E-state index in [9.17, 15) is 0 Å². The summed E-state index contributed by atoms with van der Waals surface area (Å²) in [5, 5.41) is 3.68. The molecule has 1 nitrogen and oxygen atoms in total. The van der Waals surface area contributed by atoms with E-state index in [2.05, 4.69) is 30.4 Å². The number of aryl methyl sites for hydroxylation is 2. The minimum Gasteiger partial charge on any atom is -0.314 e. The Kier molecular flexibility index (Phi) is 4.77. The predicted octanol–water partition coefficient (Wildman–Crippen LogP) is 4.28. The van der Waals surface area contributed by atoms with Gasteiger partial charge in [0, 0.05) is 6.04 Å². The Morgan fingerprint density at radius 1 is 1.05 bits per heavy atom. The van der Waals surface area contributed by atoms with Crippen molar-refractivity contribution in [2.75, 3.05) is 6.54 Å². The summed E-state index contributed by atoms with van der Waals surface area (Å²) in [6, 6.07) is 8.07. The summed E-state index contributed by atoms with van der Waals surface area (Å²) in [7, 11) is 0. The molecule has 0 aromatic heterocycles. The van der Waals surface area contributed by atoms with Gasteiger partial charge in [0.1, 0.15) is 0 Å². The smallest absolute Gasteiger partial charge is 0.00696 e. The van der Waals surface area contributed by atoms with Gasteiger partial charge in [-0.1, -0.05) is 44.4 Å². The topological polar surface area (TPSA) is 12.0 Å². The Balaban J connectivity index is 1.63. The normalized spacial score (nSPS) is 26.2. The lowest BCUT2D eigenvalue weighted by atomic mass is 9.90. The van der Waals surface area contributed by atoms with Crippen LogP contribution in [-0.2, 0) is 19.3 Å². The van der Waals surface area contributed by atoms with Crippen LogP contribution in [-0.4, -0.2) is 12.6 Å². The highest BCUT2D eigenvalue weighted by atomic mass is 14.9. The second-order valence-electron chi connectivity index (χ2n) is 6.80. The van der Waals surface area contributed by atoms with Gasteiger partial charge in [0.15, 0.2) is 0 Å². The third-order valence-corrected chi connectivity index (χ3v) is 5.21. The van der Waals surface area contributed by atoms with Crippen LogP contribution in [0.5, 0.6) is 0 Å². The Hall–Kier alpha value is -0.820. The number of rotatable bonds is 4. The molecule has 2 unspecified atom stereocenters. The third-order valence-electron chi connectivity index (χ3n) is 5.21. The fourth-order valence-corrected chi connectivity index (χ4v) is 4.21. The van der Waals surface area contributed by atoms with Crippen molar-refractivity contribution in [3.8, 4) is 0 Å². The van der Waals surface area contributed by atoms with Crippen LogP contribution in [0.4, 0.5) is 0 Å². The van der Waals surface area contributed by atoms with Gasteiger partial charge < -0.3 is 5.32 Å². The zero-order chi connectivity index (χ0) is 13.8. The van der Waals surface area contributed by atoms with E-state index >= 15 is 0 Å². The molecule has 0 spiro atoms. The lowest BCUT2D eigenvalue weighted by Gasteiger charge is -2.21. The van der Waals surface area contributed by atoms with Gasteiger partial charge >= 0.3 is 0 Å². The van der Waals surface area contributed by atoms with Crippen molar-refractivity contribution in [2.24, 2.45) is 5.92 Å². The molecule has 1 aromatic carbocycles. The van der Waals surface area contributed by atoms with Gasteiger partial charge in [-0.15, -0.1) is 0 Å². The molecule has 2 aliphatic carbocycles. The molecule has 0 heterocycles. The highest BCUT2D eigenvalue weighted by molar-refractivity contribution is 5.35. The van der Waals surface area contributed by atoms with Crippen LogP contribution in [0.2, 0.25) is 0 Å². The molecular formula is C19H29N. The predicted molar refractivity (Wildman–Crippen MR) is 86.2 cm³/mol. The first-order valence-electron chi connectivity index (χ1n) is 8.69. The van der Waals surface area contributed by atoms with Gasteiger partial charge in [0.2, 0.25) is 0 Å². The average Bonchev–Trinajstić information content (AvgIpc) is 2.80. The highest BCUT2D eigenvalue weighted by Gasteiger charge is 2.20. The lowest BCUT2D eigenvalue weighted by molar-refractivity contribution is 0.389. The first kappa shape index (κ1) is 14.1. The molecular weight excluding hydrogens is 242 g/mol.